The van der Waals surface area contributed by atoms with Crippen molar-refractivity contribution in [3.8, 4) is 17.3 Å². The Bertz CT molecular complexity index is 1210. The molecule has 2 N–H and O–H groups in total. The average Bonchev–Trinajstić information content (AvgIpc) is 3.08. The van der Waals surface area contributed by atoms with E-state index in [1.807, 2.05) is 19.9 Å². The zero-order valence-corrected chi connectivity index (χ0v) is 18.4. The molecule has 1 aliphatic heterocycles. The lowest BCUT2D eigenvalue weighted by atomic mass is 10.3. The van der Waals surface area contributed by atoms with Gasteiger partial charge in [-0.3, -0.25) is 0 Å². The standard InChI is InChI=1S/C20H24N6O4S/c1-13-10-14(2)26(25-13)20-12-19(23-15(3)24-20)21-6-7-22-31(27,28)16-4-5-17-18(11-16)30-9-8-29-17/h4-5,10-12,22H,6-9H2,1-3H3,(H,21,23,24). The van der Waals surface area contributed by atoms with Crippen molar-refractivity contribution in [3.63, 3.8) is 0 Å². The highest BCUT2D eigenvalue weighted by atomic mass is 32.2. The summed E-state index contributed by atoms with van der Waals surface area (Å²) in [6.07, 6.45) is 0. The maximum atomic E-state index is 12.6. The van der Waals surface area contributed by atoms with Gasteiger partial charge in [0.1, 0.15) is 24.9 Å². The largest absolute Gasteiger partial charge is 0.486 e. The first kappa shape index (κ1) is 21.1. The van der Waals surface area contributed by atoms with Crippen molar-refractivity contribution in [2.24, 2.45) is 0 Å². The number of aryl methyl sites for hydroxylation is 3. The monoisotopic (exact) mass is 444 g/mol. The Morgan fingerprint density at radius 1 is 1.00 bits per heavy atom. The van der Waals surface area contributed by atoms with E-state index in [1.54, 1.807) is 23.7 Å². The molecule has 3 aromatic rings. The number of hydrogen-bond donors (Lipinski definition) is 2. The number of fused-ring (bicyclic) bond motifs is 1. The van der Waals surface area contributed by atoms with Crippen LogP contribution in [-0.2, 0) is 10.0 Å². The van der Waals surface area contributed by atoms with E-state index in [0.29, 0.717) is 48.7 Å². The van der Waals surface area contributed by atoms with Gasteiger partial charge in [-0.25, -0.2) is 27.8 Å². The van der Waals surface area contributed by atoms with Crippen LogP contribution in [-0.4, -0.2) is 54.5 Å². The van der Waals surface area contributed by atoms with Crippen LogP contribution in [0.25, 0.3) is 5.82 Å². The molecule has 31 heavy (non-hydrogen) atoms. The zero-order chi connectivity index (χ0) is 22.0. The summed E-state index contributed by atoms with van der Waals surface area (Å²) in [5, 5.41) is 7.58. The predicted octanol–water partition coefficient (Wildman–Crippen LogP) is 1.75. The molecule has 11 heteroatoms. The van der Waals surface area contributed by atoms with Gasteiger partial charge in [0.2, 0.25) is 10.0 Å². The molecule has 0 spiro atoms. The van der Waals surface area contributed by atoms with Crippen molar-refractivity contribution in [3.05, 3.63) is 47.5 Å². The molecular weight excluding hydrogens is 420 g/mol. The van der Waals surface area contributed by atoms with Gasteiger partial charge in [-0.05, 0) is 39.0 Å². The van der Waals surface area contributed by atoms with Gasteiger partial charge in [0.05, 0.1) is 10.6 Å². The van der Waals surface area contributed by atoms with E-state index in [4.69, 9.17) is 9.47 Å². The Kier molecular flexibility index (Phi) is 5.79. The Morgan fingerprint density at radius 3 is 2.52 bits per heavy atom. The molecule has 0 unspecified atom stereocenters. The average molecular weight is 445 g/mol. The molecule has 0 bridgehead atoms. The maximum Gasteiger partial charge on any atom is 0.240 e. The second-order valence-electron chi connectivity index (χ2n) is 7.13. The number of sulfonamides is 1. The first-order chi connectivity index (χ1) is 14.8. The lowest BCUT2D eigenvalue weighted by Crippen LogP contribution is -2.29. The molecule has 0 atom stereocenters. The topological polar surface area (TPSA) is 120 Å². The predicted molar refractivity (Wildman–Crippen MR) is 114 cm³/mol. The minimum atomic E-state index is -3.68. The normalized spacial score (nSPS) is 13.3. The lowest BCUT2D eigenvalue weighted by Gasteiger charge is -2.19. The molecule has 0 aliphatic carbocycles. The van der Waals surface area contributed by atoms with Gasteiger partial charge < -0.3 is 14.8 Å². The van der Waals surface area contributed by atoms with Crippen LogP contribution in [0.4, 0.5) is 5.82 Å². The molecule has 0 saturated carbocycles. The minimum absolute atomic E-state index is 0.126. The van der Waals surface area contributed by atoms with Crippen LogP contribution in [0.1, 0.15) is 17.2 Å². The number of hydrogen-bond acceptors (Lipinski definition) is 8. The van der Waals surface area contributed by atoms with Gasteiger partial charge in [0.15, 0.2) is 17.3 Å². The Labute approximate surface area is 180 Å². The van der Waals surface area contributed by atoms with E-state index in [-0.39, 0.29) is 11.4 Å². The summed E-state index contributed by atoms with van der Waals surface area (Å²) in [6, 6.07) is 8.32. The van der Waals surface area contributed by atoms with Crippen molar-refractivity contribution in [2.75, 3.05) is 31.6 Å². The smallest absolute Gasteiger partial charge is 0.240 e. The highest BCUT2D eigenvalue weighted by molar-refractivity contribution is 7.89. The quantitative estimate of drug-likeness (QED) is 0.529. The summed E-state index contributed by atoms with van der Waals surface area (Å²) in [6.45, 7) is 7.04. The summed E-state index contributed by atoms with van der Waals surface area (Å²) in [4.78, 5) is 8.93. The van der Waals surface area contributed by atoms with E-state index in [2.05, 4.69) is 25.1 Å². The highest BCUT2D eigenvalue weighted by Crippen LogP contribution is 2.32. The van der Waals surface area contributed by atoms with E-state index >= 15 is 0 Å². The van der Waals surface area contributed by atoms with Crippen LogP contribution in [0.5, 0.6) is 11.5 Å². The SMILES string of the molecule is Cc1cc(C)n(-c2cc(NCCNS(=O)(=O)c3ccc4c(c3)OCCO4)nc(C)n2)n1. The number of ether oxygens (including phenoxy) is 2. The molecular formula is C20H24N6O4S. The van der Waals surface area contributed by atoms with E-state index in [1.165, 1.54) is 12.1 Å². The van der Waals surface area contributed by atoms with Crippen molar-refractivity contribution >= 4 is 15.8 Å². The molecule has 1 aromatic carbocycles. The van der Waals surface area contributed by atoms with Crippen molar-refractivity contribution in [1.82, 2.24) is 24.5 Å². The zero-order valence-electron chi connectivity index (χ0n) is 17.5. The van der Waals surface area contributed by atoms with Crippen LogP contribution in [0.2, 0.25) is 0 Å². The molecule has 3 heterocycles. The summed E-state index contributed by atoms with van der Waals surface area (Å²) in [5.74, 6) is 2.81. The number of nitrogens with one attached hydrogen (secondary N) is 2. The van der Waals surface area contributed by atoms with E-state index < -0.39 is 10.0 Å². The third-order valence-corrected chi connectivity index (χ3v) is 6.06. The molecule has 0 fully saturated rings. The van der Waals surface area contributed by atoms with E-state index in [0.717, 1.165) is 11.4 Å². The van der Waals surface area contributed by atoms with Crippen LogP contribution in [0.15, 0.2) is 35.2 Å². The summed E-state index contributed by atoms with van der Waals surface area (Å²) in [7, 11) is -3.68. The Morgan fingerprint density at radius 2 is 1.77 bits per heavy atom. The molecule has 0 saturated heterocycles. The third kappa shape index (κ3) is 4.78. The van der Waals surface area contributed by atoms with Crippen molar-refractivity contribution in [1.29, 1.82) is 0 Å². The van der Waals surface area contributed by atoms with Gasteiger partial charge in [0, 0.05) is 30.9 Å². The maximum absolute atomic E-state index is 12.6. The minimum Gasteiger partial charge on any atom is -0.486 e. The van der Waals surface area contributed by atoms with E-state index in [9.17, 15) is 8.42 Å². The Hall–Kier alpha value is -3.18. The van der Waals surface area contributed by atoms with Crippen LogP contribution in [0, 0.1) is 20.8 Å². The van der Waals surface area contributed by atoms with Crippen molar-refractivity contribution in [2.45, 2.75) is 25.7 Å². The first-order valence-electron chi connectivity index (χ1n) is 9.84. The van der Waals surface area contributed by atoms with Gasteiger partial charge >= 0.3 is 0 Å². The van der Waals surface area contributed by atoms with Gasteiger partial charge in [-0.15, -0.1) is 0 Å². The number of benzene rings is 1. The fourth-order valence-electron chi connectivity index (χ4n) is 3.26. The van der Waals surface area contributed by atoms with Crippen molar-refractivity contribution < 1.29 is 17.9 Å². The number of nitrogens with zero attached hydrogens (tertiary/aromatic N) is 4. The van der Waals surface area contributed by atoms with Gasteiger partial charge in [-0.1, -0.05) is 0 Å². The molecule has 10 nitrogen and oxygen atoms in total. The molecule has 1 aliphatic rings. The van der Waals surface area contributed by atoms with Crippen LogP contribution < -0.4 is 19.5 Å². The molecule has 2 aromatic heterocycles. The molecule has 0 amide bonds. The van der Waals surface area contributed by atoms with Gasteiger partial charge in [0.25, 0.3) is 0 Å². The highest BCUT2D eigenvalue weighted by Gasteiger charge is 2.19. The number of rotatable bonds is 7. The second-order valence-corrected chi connectivity index (χ2v) is 8.89. The summed E-state index contributed by atoms with van der Waals surface area (Å²) < 4.78 is 40.4. The second kappa shape index (κ2) is 8.52. The summed E-state index contributed by atoms with van der Waals surface area (Å²) >= 11 is 0. The summed E-state index contributed by atoms with van der Waals surface area (Å²) in [5.41, 5.74) is 1.87. The number of anilines is 1. The number of aromatic nitrogens is 4. The third-order valence-electron chi connectivity index (χ3n) is 4.60. The first-order valence-corrected chi connectivity index (χ1v) is 11.3. The fraction of sp³-hybridized carbons (Fsp3) is 0.350. The lowest BCUT2D eigenvalue weighted by molar-refractivity contribution is 0.171. The molecule has 4 rings (SSSR count). The van der Waals surface area contributed by atoms with Gasteiger partial charge in [-0.2, -0.15) is 5.10 Å². The van der Waals surface area contributed by atoms with Crippen LogP contribution >= 0.6 is 0 Å². The Balaban J connectivity index is 1.39. The fourth-order valence-corrected chi connectivity index (χ4v) is 4.31. The van der Waals surface area contributed by atoms with Crippen LogP contribution in [0.3, 0.4) is 0 Å². The molecule has 0 radical (unpaired) electrons. The molecule has 164 valence electrons.